The van der Waals surface area contributed by atoms with Crippen molar-refractivity contribution in [1.82, 2.24) is 15.5 Å². The highest BCUT2D eigenvalue weighted by molar-refractivity contribution is 14.0. The van der Waals surface area contributed by atoms with Crippen LogP contribution in [0.4, 0.5) is 0 Å². The lowest BCUT2D eigenvalue weighted by Gasteiger charge is -2.24. The Morgan fingerprint density at radius 2 is 2.09 bits per heavy atom. The highest BCUT2D eigenvalue weighted by Crippen LogP contribution is 2.19. The quantitative estimate of drug-likeness (QED) is 0.343. The van der Waals surface area contributed by atoms with E-state index in [2.05, 4.69) is 35.7 Å². The summed E-state index contributed by atoms with van der Waals surface area (Å²) in [5.74, 6) is 1.21. The van der Waals surface area contributed by atoms with E-state index in [0.717, 1.165) is 32.7 Å². The van der Waals surface area contributed by atoms with E-state index >= 15 is 0 Å². The van der Waals surface area contributed by atoms with Gasteiger partial charge in [0.1, 0.15) is 6.54 Å². The Morgan fingerprint density at radius 3 is 2.61 bits per heavy atom. The third-order valence-electron chi connectivity index (χ3n) is 3.69. The minimum atomic E-state index is -0.00516. The Morgan fingerprint density at radius 1 is 1.39 bits per heavy atom. The molecule has 1 fully saturated rings. The Bertz CT molecular complexity index is 386. The molecule has 0 aromatic heterocycles. The normalized spacial score (nSPS) is 18.3. The number of amides is 1. The third kappa shape index (κ3) is 9.61. The number of guanidine groups is 1. The van der Waals surface area contributed by atoms with Gasteiger partial charge in [-0.15, -0.1) is 24.0 Å². The van der Waals surface area contributed by atoms with Crippen LogP contribution in [0.2, 0.25) is 0 Å². The molecule has 0 bridgehead atoms. The second kappa shape index (κ2) is 11.4. The summed E-state index contributed by atoms with van der Waals surface area (Å²) in [6.07, 6.45) is 3.17. The fraction of sp³-hybridized carbons (Fsp3) is 0.867. The zero-order valence-corrected chi connectivity index (χ0v) is 18.0. The van der Waals surface area contributed by atoms with Crippen molar-refractivity contribution in [1.29, 1.82) is 0 Å². The molecular weight excluding hydrogens is 427 g/mol. The fourth-order valence-corrected chi connectivity index (χ4v) is 2.03. The standard InChI is InChI=1S/C15H30N4O2S.HI/c1-15(2,22-5)11-18-14(17-9-13(20)19(3)4)16-8-12-6-7-21-10-12;/h12H,6-11H2,1-5H3,(H2,16,17,18);1H. The molecule has 1 atom stereocenters. The summed E-state index contributed by atoms with van der Waals surface area (Å²) in [6, 6.07) is 0. The summed E-state index contributed by atoms with van der Waals surface area (Å²) in [5.41, 5.74) is 0. The van der Waals surface area contributed by atoms with Crippen LogP contribution < -0.4 is 10.6 Å². The molecule has 23 heavy (non-hydrogen) atoms. The SMILES string of the molecule is CSC(C)(C)CNC(=NCC(=O)N(C)C)NCC1CCOC1.I. The Kier molecular flexibility index (Phi) is 11.2. The molecule has 0 radical (unpaired) electrons. The van der Waals surface area contributed by atoms with Gasteiger partial charge in [-0.05, 0) is 26.5 Å². The minimum Gasteiger partial charge on any atom is -0.381 e. The summed E-state index contributed by atoms with van der Waals surface area (Å²) in [4.78, 5) is 17.7. The van der Waals surface area contributed by atoms with Crippen LogP contribution in [0.3, 0.4) is 0 Å². The maximum atomic E-state index is 11.7. The van der Waals surface area contributed by atoms with Crippen LogP contribution in [0.1, 0.15) is 20.3 Å². The predicted molar refractivity (Wildman–Crippen MR) is 109 cm³/mol. The van der Waals surface area contributed by atoms with E-state index in [1.165, 1.54) is 0 Å². The van der Waals surface area contributed by atoms with Crippen molar-refractivity contribution in [3.8, 4) is 0 Å². The smallest absolute Gasteiger partial charge is 0.243 e. The number of nitrogens with zero attached hydrogens (tertiary/aromatic N) is 2. The van der Waals surface area contributed by atoms with Crippen molar-refractivity contribution >= 4 is 47.6 Å². The first-order chi connectivity index (χ1) is 10.3. The van der Waals surface area contributed by atoms with Gasteiger partial charge < -0.3 is 20.3 Å². The topological polar surface area (TPSA) is 66.0 Å². The van der Waals surface area contributed by atoms with E-state index in [-0.39, 0.29) is 41.2 Å². The van der Waals surface area contributed by atoms with Gasteiger partial charge in [-0.1, -0.05) is 0 Å². The van der Waals surface area contributed by atoms with E-state index in [0.29, 0.717) is 11.9 Å². The zero-order valence-electron chi connectivity index (χ0n) is 14.8. The second-order valence-electron chi connectivity index (χ2n) is 6.38. The summed E-state index contributed by atoms with van der Waals surface area (Å²) in [7, 11) is 3.48. The molecule has 2 N–H and O–H groups in total. The van der Waals surface area contributed by atoms with Gasteiger partial charge in [-0.2, -0.15) is 11.8 Å². The first-order valence-electron chi connectivity index (χ1n) is 7.69. The molecule has 1 unspecified atom stereocenters. The number of carbonyl (C=O) groups is 1. The van der Waals surface area contributed by atoms with Crippen molar-refractivity contribution in [2.45, 2.75) is 25.0 Å². The van der Waals surface area contributed by atoms with Gasteiger partial charge in [-0.25, -0.2) is 4.99 Å². The molecule has 1 heterocycles. The molecule has 0 aliphatic carbocycles. The van der Waals surface area contributed by atoms with Crippen LogP contribution in [0, 0.1) is 5.92 Å². The van der Waals surface area contributed by atoms with Gasteiger partial charge >= 0.3 is 0 Å². The molecule has 6 nitrogen and oxygen atoms in total. The largest absolute Gasteiger partial charge is 0.381 e. The van der Waals surface area contributed by atoms with Crippen LogP contribution in [0.15, 0.2) is 4.99 Å². The second-order valence-corrected chi connectivity index (χ2v) is 7.89. The third-order valence-corrected chi connectivity index (χ3v) is 4.94. The Balaban J connectivity index is 0.00000484. The number of thioether (sulfide) groups is 1. The number of aliphatic imine (C=N–C) groups is 1. The molecule has 0 aromatic carbocycles. The predicted octanol–water partition coefficient (Wildman–Crippen LogP) is 1.41. The number of nitrogens with one attached hydrogen (secondary N) is 2. The van der Waals surface area contributed by atoms with E-state index in [4.69, 9.17) is 4.74 Å². The first-order valence-corrected chi connectivity index (χ1v) is 8.92. The number of ether oxygens (including phenoxy) is 1. The number of halogens is 1. The minimum absolute atomic E-state index is 0. The molecular formula is C15H31IN4O2S. The summed E-state index contributed by atoms with van der Waals surface area (Å²) in [5, 5.41) is 6.67. The molecule has 1 aliphatic rings. The first kappa shape index (κ1) is 22.8. The van der Waals surface area contributed by atoms with E-state index < -0.39 is 0 Å². The van der Waals surface area contributed by atoms with Crippen molar-refractivity contribution in [2.24, 2.45) is 10.9 Å². The average molecular weight is 458 g/mol. The monoisotopic (exact) mass is 458 g/mol. The van der Waals surface area contributed by atoms with Crippen molar-refractivity contribution in [3.63, 3.8) is 0 Å². The lowest BCUT2D eigenvalue weighted by molar-refractivity contribution is -0.127. The molecule has 1 amide bonds. The number of hydrogen-bond acceptors (Lipinski definition) is 4. The number of rotatable bonds is 7. The summed E-state index contributed by atoms with van der Waals surface area (Å²) >= 11 is 1.80. The van der Waals surface area contributed by atoms with Gasteiger partial charge in [0.2, 0.25) is 5.91 Å². The maximum Gasteiger partial charge on any atom is 0.243 e. The Hall–Kier alpha value is -0.220. The van der Waals surface area contributed by atoms with E-state index in [1.807, 2.05) is 0 Å². The molecule has 1 saturated heterocycles. The lowest BCUT2D eigenvalue weighted by Crippen LogP contribution is -2.45. The highest BCUT2D eigenvalue weighted by atomic mass is 127. The fourth-order valence-electron chi connectivity index (χ4n) is 1.82. The van der Waals surface area contributed by atoms with Crippen LogP contribution >= 0.6 is 35.7 Å². The van der Waals surface area contributed by atoms with Gasteiger partial charge in [0.15, 0.2) is 5.96 Å². The van der Waals surface area contributed by atoms with Crippen molar-refractivity contribution < 1.29 is 9.53 Å². The van der Waals surface area contributed by atoms with Crippen LogP contribution in [-0.2, 0) is 9.53 Å². The van der Waals surface area contributed by atoms with Crippen LogP contribution in [0.25, 0.3) is 0 Å². The van der Waals surface area contributed by atoms with E-state index in [1.54, 1.807) is 30.8 Å². The number of hydrogen-bond donors (Lipinski definition) is 2. The molecule has 136 valence electrons. The van der Waals surface area contributed by atoms with Crippen molar-refractivity contribution in [2.75, 3.05) is 53.2 Å². The van der Waals surface area contributed by atoms with Crippen molar-refractivity contribution in [3.05, 3.63) is 0 Å². The maximum absolute atomic E-state index is 11.7. The highest BCUT2D eigenvalue weighted by Gasteiger charge is 2.18. The van der Waals surface area contributed by atoms with Gasteiger partial charge in [-0.3, -0.25) is 4.79 Å². The molecule has 0 aromatic rings. The molecule has 8 heteroatoms. The van der Waals surface area contributed by atoms with Crippen LogP contribution in [0.5, 0.6) is 0 Å². The summed E-state index contributed by atoms with van der Waals surface area (Å²) in [6.45, 7) is 7.76. The average Bonchev–Trinajstić information content (AvgIpc) is 2.99. The van der Waals surface area contributed by atoms with Crippen LogP contribution in [-0.4, -0.2) is 74.7 Å². The van der Waals surface area contributed by atoms with Gasteiger partial charge in [0, 0.05) is 44.5 Å². The molecule has 0 saturated carbocycles. The number of likely N-dealkylation sites (N-methyl/N-ethyl adjacent to an activating group) is 1. The number of carbonyl (C=O) groups excluding carboxylic acids is 1. The lowest BCUT2D eigenvalue weighted by atomic mass is 10.1. The molecule has 1 rings (SSSR count). The van der Waals surface area contributed by atoms with Gasteiger partial charge in [0.25, 0.3) is 0 Å². The van der Waals surface area contributed by atoms with Gasteiger partial charge in [0.05, 0.1) is 6.61 Å². The molecule has 0 spiro atoms. The molecule has 1 aliphatic heterocycles. The Labute approximate surface area is 161 Å². The summed E-state index contributed by atoms with van der Waals surface area (Å²) < 4.78 is 5.50. The van der Waals surface area contributed by atoms with E-state index in [9.17, 15) is 4.79 Å². The zero-order chi connectivity index (χ0) is 16.6.